The average Bonchev–Trinajstić information content (AvgIpc) is 3.14. The van der Waals surface area contributed by atoms with E-state index in [2.05, 4.69) is 4.98 Å². The average molecular weight is 384 g/mol. The Labute approximate surface area is 161 Å². The molecule has 3 rings (SSSR count). The first-order valence-corrected chi connectivity index (χ1v) is 9.31. The Kier molecular flexibility index (Phi) is 6.03. The van der Waals surface area contributed by atoms with Crippen LogP contribution in [0.1, 0.15) is 18.0 Å². The van der Waals surface area contributed by atoms with E-state index < -0.39 is 5.97 Å². The quantitative estimate of drug-likeness (QED) is 0.584. The fourth-order valence-corrected chi connectivity index (χ4v) is 3.46. The van der Waals surface area contributed by atoms with Gasteiger partial charge in [0.25, 0.3) is 5.91 Å². The van der Waals surface area contributed by atoms with E-state index in [1.54, 1.807) is 30.5 Å². The normalized spacial score (nSPS) is 11.8. The SMILES string of the molecule is C[C@H](c1nc2ccccc2s1)N(C)C(=O)COC(=O)COc1ccccc1. The molecule has 1 aromatic heterocycles. The van der Waals surface area contributed by atoms with Crippen molar-refractivity contribution in [2.45, 2.75) is 13.0 Å². The van der Waals surface area contributed by atoms with Gasteiger partial charge in [0.05, 0.1) is 16.3 Å². The molecule has 0 aliphatic heterocycles. The molecule has 0 N–H and O–H groups in total. The lowest BCUT2D eigenvalue weighted by molar-refractivity contribution is -0.153. The number of esters is 1. The van der Waals surface area contributed by atoms with E-state index in [9.17, 15) is 9.59 Å². The Bertz CT molecular complexity index is 893. The van der Waals surface area contributed by atoms with Crippen LogP contribution in [0, 0.1) is 0 Å². The summed E-state index contributed by atoms with van der Waals surface area (Å²) < 4.78 is 11.4. The minimum Gasteiger partial charge on any atom is -0.482 e. The van der Waals surface area contributed by atoms with Gasteiger partial charge in [-0.2, -0.15) is 0 Å². The van der Waals surface area contributed by atoms with Gasteiger partial charge in [-0.05, 0) is 31.2 Å². The summed E-state index contributed by atoms with van der Waals surface area (Å²) >= 11 is 1.55. The van der Waals surface area contributed by atoms with Crippen LogP contribution in [0.5, 0.6) is 5.75 Å². The van der Waals surface area contributed by atoms with Gasteiger partial charge in [-0.1, -0.05) is 30.3 Å². The lowest BCUT2D eigenvalue weighted by Crippen LogP contribution is -2.34. The number of carbonyl (C=O) groups is 2. The predicted molar refractivity (Wildman–Crippen MR) is 104 cm³/mol. The Morgan fingerprint density at radius 2 is 1.78 bits per heavy atom. The highest BCUT2D eigenvalue weighted by atomic mass is 32.1. The van der Waals surface area contributed by atoms with Crippen molar-refractivity contribution in [1.29, 1.82) is 0 Å². The second-order valence-electron chi connectivity index (χ2n) is 5.96. The van der Waals surface area contributed by atoms with Gasteiger partial charge in [-0.3, -0.25) is 4.79 Å². The smallest absolute Gasteiger partial charge is 0.344 e. The second kappa shape index (κ2) is 8.64. The van der Waals surface area contributed by atoms with Crippen LogP contribution in [0.15, 0.2) is 54.6 Å². The highest BCUT2D eigenvalue weighted by Crippen LogP contribution is 2.28. The van der Waals surface area contributed by atoms with E-state index in [1.807, 2.05) is 49.4 Å². The number of hydrogen-bond acceptors (Lipinski definition) is 6. The Hall–Kier alpha value is -2.93. The van der Waals surface area contributed by atoms with Gasteiger partial charge in [-0.25, -0.2) is 9.78 Å². The molecule has 0 aliphatic carbocycles. The van der Waals surface area contributed by atoms with Crippen LogP contribution < -0.4 is 4.74 Å². The monoisotopic (exact) mass is 384 g/mol. The van der Waals surface area contributed by atoms with Crippen molar-refractivity contribution in [3.63, 3.8) is 0 Å². The molecule has 1 atom stereocenters. The molecule has 0 unspecified atom stereocenters. The molecular weight excluding hydrogens is 364 g/mol. The van der Waals surface area contributed by atoms with Crippen LogP contribution in [0.3, 0.4) is 0 Å². The Morgan fingerprint density at radius 1 is 1.07 bits per heavy atom. The molecule has 0 aliphatic rings. The maximum Gasteiger partial charge on any atom is 0.344 e. The van der Waals surface area contributed by atoms with E-state index in [0.29, 0.717) is 5.75 Å². The van der Waals surface area contributed by atoms with E-state index in [4.69, 9.17) is 9.47 Å². The van der Waals surface area contributed by atoms with Crippen molar-refractivity contribution >= 4 is 33.4 Å². The number of nitrogens with zero attached hydrogens (tertiary/aromatic N) is 2. The first-order chi connectivity index (χ1) is 13.0. The number of likely N-dealkylation sites (N-methyl/N-ethyl adjacent to an activating group) is 1. The summed E-state index contributed by atoms with van der Waals surface area (Å²) in [5, 5.41) is 0.839. The summed E-state index contributed by atoms with van der Waals surface area (Å²) in [6.07, 6.45) is 0. The van der Waals surface area contributed by atoms with Crippen molar-refractivity contribution in [2.24, 2.45) is 0 Å². The summed E-state index contributed by atoms with van der Waals surface area (Å²) in [6.45, 7) is 1.33. The Morgan fingerprint density at radius 3 is 2.52 bits per heavy atom. The van der Waals surface area contributed by atoms with Gasteiger partial charge >= 0.3 is 5.97 Å². The lowest BCUT2D eigenvalue weighted by Gasteiger charge is -2.23. The van der Waals surface area contributed by atoms with Crippen LogP contribution in [0.4, 0.5) is 0 Å². The zero-order chi connectivity index (χ0) is 19.2. The minimum atomic E-state index is -0.590. The molecule has 1 amide bonds. The molecule has 2 aromatic carbocycles. The number of benzene rings is 2. The van der Waals surface area contributed by atoms with Crippen molar-refractivity contribution < 1.29 is 19.1 Å². The maximum absolute atomic E-state index is 12.3. The number of aromatic nitrogens is 1. The second-order valence-corrected chi connectivity index (χ2v) is 7.03. The number of hydrogen-bond donors (Lipinski definition) is 0. The first-order valence-electron chi connectivity index (χ1n) is 8.49. The third kappa shape index (κ3) is 4.83. The number of rotatable bonds is 7. The number of fused-ring (bicyclic) bond motifs is 1. The van der Waals surface area contributed by atoms with Crippen molar-refractivity contribution in [3.8, 4) is 5.75 Å². The number of amides is 1. The van der Waals surface area contributed by atoms with Gasteiger partial charge in [0, 0.05) is 7.05 Å². The molecule has 0 radical (unpaired) electrons. The standard InChI is InChI=1S/C20H20N2O4S/c1-14(20-21-16-10-6-7-11-17(16)27-20)22(2)18(23)12-26-19(24)13-25-15-8-4-3-5-9-15/h3-11,14H,12-13H2,1-2H3/t14-/m1/s1. The highest BCUT2D eigenvalue weighted by molar-refractivity contribution is 7.18. The molecule has 6 nitrogen and oxygen atoms in total. The largest absolute Gasteiger partial charge is 0.482 e. The zero-order valence-electron chi connectivity index (χ0n) is 15.1. The van der Waals surface area contributed by atoms with Crippen molar-refractivity contribution in [2.75, 3.05) is 20.3 Å². The van der Waals surface area contributed by atoms with Crippen LogP contribution in [0.25, 0.3) is 10.2 Å². The van der Waals surface area contributed by atoms with E-state index in [-0.39, 0.29) is 25.2 Å². The Balaban J connectivity index is 1.50. The lowest BCUT2D eigenvalue weighted by atomic mass is 10.3. The van der Waals surface area contributed by atoms with Gasteiger partial charge < -0.3 is 14.4 Å². The molecular formula is C20H20N2O4S. The summed E-state index contributed by atoms with van der Waals surface area (Å²) in [7, 11) is 1.67. The van der Waals surface area contributed by atoms with Crippen LogP contribution in [-0.2, 0) is 14.3 Å². The third-order valence-electron chi connectivity index (χ3n) is 4.10. The molecule has 1 heterocycles. The van der Waals surface area contributed by atoms with E-state index in [1.165, 1.54) is 4.90 Å². The van der Waals surface area contributed by atoms with Gasteiger partial charge in [0.2, 0.25) is 0 Å². The zero-order valence-corrected chi connectivity index (χ0v) is 15.9. The summed E-state index contributed by atoms with van der Waals surface area (Å²) in [5.41, 5.74) is 0.912. The van der Waals surface area contributed by atoms with Gasteiger partial charge in [-0.15, -0.1) is 11.3 Å². The van der Waals surface area contributed by atoms with Gasteiger partial charge in [0.1, 0.15) is 10.8 Å². The number of para-hydroxylation sites is 2. The molecule has 0 bridgehead atoms. The number of carbonyl (C=O) groups excluding carboxylic acids is 2. The molecule has 0 saturated heterocycles. The van der Waals surface area contributed by atoms with Crippen LogP contribution in [-0.4, -0.2) is 42.0 Å². The molecule has 0 fully saturated rings. The van der Waals surface area contributed by atoms with E-state index in [0.717, 1.165) is 15.2 Å². The van der Waals surface area contributed by atoms with Gasteiger partial charge in [0.15, 0.2) is 13.2 Å². The van der Waals surface area contributed by atoms with Crippen molar-refractivity contribution in [1.82, 2.24) is 9.88 Å². The van der Waals surface area contributed by atoms with E-state index >= 15 is 0 Å². The number of thiazole rings is 1. The van der Waals surface area contributed by atoms with Crippen molar-refractivity contribution in [3.05, 3.63) is 59.6 Å². The molecule has 0 saturated carbocycles. The summed E-state index contributed by atoms with van der Waals surface area (Å²) in [5.74, 6) is -0.314. The first kappa shape index (κ1) is 18.8. The highest BCUT2D eigenvalue weighted by Gasteiger charge is 2.21. The summed E-state index contributed by atoms with van der Waals surface area (Å²) in [6, 6.07) is 16.6. The molecule has 7 heteroatoms. The predicted octanol–water partition coefficient (Wildman–Crippen LogP) is 3.44. The molecule has 140 valence electrons. The van der Waals surface area contributed by atoms with Crippen LogP contribution >= 0.6 is 11.3 Å². The minimum absolute atomic E-state index is 0.214. The topological polar surface area (TPSA) is 68.7 Å². The fraction of sp³-hybridized carbons (Fsp3) is 0.250. The molecule has 0 spiro atoms. The molecule has 27 heavy (non-hydrogen) atoms. The molecule has 3 aromatic rings. The third-order valence-corrected chi connectivity index (χ3v) is 5.31. The van der Waals surface area contributed by atoms with Crippen LogP contribution in [0.2, 0.25) is 0 Å². The summed E-state index contributed by atoms with van der Waals surface area (Å²) in [4.78, 5) is 30.2. The maximum atomic E-state index is 12.3. The number of ether oxygens (including phenoxy) is 2. The fourth-order valence-electron chi connectivity index (χ4n) is 2.40.